The lowest BCUT2D eigenvalue weighted by molar-refractivity contribution is -0.125. The van der Waals surface area contributed by atoms with Crippen LogP contribution in [0.15, 0.2) is 106 Å². The van der Waals surface area contributed by atoms with E-state index in [1.165, 1.54) is 98.9 Å². The molecule has 10 aliphatic rings. The third kappa shape index (κ3) is 27.8. The average Bonchev–Trinajstić information content (AvgIpc) is 1.61. The topological polar surface area (TPSA) is 339 Å². The number of amidine groups is 3. The molecule has 122 heavy (non-hydrogen) atoms. The number of sulfonamides is 2. The number of carbonyl (C=O) groups excluding carboxylic acids is 3. The number of carbonyl (C=O) groups is 3. The van der Waals surface area contributed by atoms with E-state index in [0.717, 1.165) is 141 Å². The van der Waals surface area contributed by atoms with Gasteiger partial charge < -0.3 is 49.6 Å². The highest BCUT2D eigenvalue weighted by Gasteiger charge is 2.54. The Morgan fingerprint density at radius 1 is 0.500 bits per heavy atom. The molecule has 0 bridgehead atoms. The molecule has 26 nitrogen and oxygen atoms in total. The third-order valence-electron chi connectivity index (χ3n) is 25.3. The molecule has 5 aromatic rings. The van der Waals surface area contributed by atoms with Crippen molar-refractivity contribution in [2.45, 2.75) is 258 Å². The zero-order valence-electron chi connectivity index (χ0n) is 73.3. The van der Waals surface area contributed by atoms with Crippen LogP contribution in [0.4, 0.5) is 0 Å². The van der Waals surface area contributed by atoms with E-state index in [2.05, 4.69) is 89.1 Å². The minimum atomic E-state index is -3.47. The van der Waals surface area contributed by atoms with Crippen molar-refractivity contribution in [1.82, 2.24) is 45.1 Å². The van der Waals surface area contributed by atoms with Gasteiger partial charge in [0, 0.05) is 81.7 Å². The maximum atomic E-state index is 13.2. The Morgan fingerprint density at radius 3 is 1.17 bits per heavy atom. The first-order chi connectivity index (χ1) is 58.0. The number of aryl methyl sites for hydroxylation is 7. The summed E-state index contributed by atoms with van der Waals surface area (Å²) in [5.41, 5.74) is 4.69. The van der Waals surface area contributed by atoms with Crippen LogP contribution in [0.1, 0.15) is 223 Å². The van der Waals surface area contributed by atoms with Crippen LogP contribution < -0.4 is 26.7 Å². The normalized spacial score (nSPS) is 20.7. The van der Waals surface area contributed by atoms with E-state index in [9.17, 15) is 39.6 Å². The summed E-state index contributed by atoms with van der Waals surface area (Å²) >= 11 is 16.3. The van der Waals surface area contributed by atoms with Crippen LogP contribution in [-0.2, 0) is 72.1 Å². The molecule has 3 aliphatic carbocycles. The fourth-order valence-corrected chi connectivity index (χ4v) is 21.7. The van der Waals surface area contributed by atoms with Gasteiger partial charge in [-0.15, -0.1) is 23.2 Å². The lowest BCUT2D eigenvalue weighted by atomic mass is 9.77. The molecule has 3 saturated carbocycles. The zero-order valence-corrected chi connectivity index (χ0v) is 81.2. The fourth-order valence-electron chi connectivity index (χ4n) is 17.1. The van der Waals surface area contributed by atoms with Crippen molar-refractivity contribution in [1.29, 1.82) is 0 Å². The van der Waals surface area contributed by atoms with Crippen molar-refractivity contribution in [3.8, 4) is 11.1 Å². The maximum Gasteiger partial charge on any atom is 0.500 e. The van der Waals surface area contributed by atoms with Gasteiger partial charge in [-0.2, -0.15) is 0 Å². The van der Waals surface area contributed by atoms with Crippen LogP contribution in [-0.4, -0.2) is 213 Å². The summed E-state index contributed by atoms with van der Waals surface area (Å²) in [4.78, 5) is 54.6. The number of hydrogen-bond donors (Lipinski definition) is 5. The molecule has 7 aliphatic heterocycles. The molecule has 4 saturated heterocycles. The van der Waals surface area contributed by atoms with Crippen LogP contribution in [0.25, 0.3) is 11.1 Å². The van der Waals surface area contributed by atoms with Gasteiger partial charge in [-0.1, -0.05) is 181 Å². The number of aliphatic imine (C=N–C) groups is 3. The van der Waals surface area contributed by atoms with Crippen LogP contribution in [0, 0.1) is 45.4 Å². The molecule has 0 radical (unpaired) electrons. The smallest absolute Gasteiger partial charge is 0.400 e. The largest absolute Gasteiger partial charge is 0.500 e. The number of hydrogen-bond acceptors (Lipinski definition) is 21. The first-order valence-electron chi connectivity index (χ1n) is 43.4. The number of rotatable bonds is 19. The van der Waals surface area contributed by atoms with Gasteiger partial charge >= 0.3 is 7.12 Å². The number of aliphatic hydroxyl groups excluding tert-OH is 1. The lowest BCUT2D eigenvalue weighted by Gasteiger charge is -2.34. The molecule has 9 heterocycles. The van der Waals surface area contributed by atoms with E-state index in [1.807, 2.05) is 128 Å². The van der Waals surface area contributed by atoms with Gasteiger partial charge in [-0.3, -0.25) is 29.4 Å². The van der Waals surface area contributed by atoms with Crippen LogP contribution in [0.3, 0.4) is 0 Å². The second-order valence-electron chi connectivity index (χ2n) is 33.7. The molecule has 3 amide bonds. The number of aromatic nitrogens is 2. The Bertz CT molecular complexity index is 4620. The van der Waals surface area contributed by atoms with E-state index in [1.54, 1.807) is 0 Å². The summed E-state index contributed by atoms with van der Waals surface area (Å²) in [6.45, 7) is 29.0. The highest BCUT2D eigenvalue weighted by Crippen LogP contribution is 2.41. The Hall–Kier alpha value is -5.04. The quantitative estimate of drug-likeness (QED) is 0.0291. The molecular weight excluding hydrogens is 1810 g/mol. The molecule has 0 unspecified atom stereocenters. The Labute approximate surface area is 756 Å². The van der Waals surface area contributed by atoms with E-state index in [-0.39, 0.29) is 58.6 Å². The van der Waals surface area contributed by atoms with Crippen LogP contribution >= 0.6 is 65.7 Å². The van der Waals surface area contributed by atoms with Crippen molar-refractivity contribution in [3.05, 3.63) is 121 Å². The summed E-state index contributed by atoms with van der Waals surface area (Å²) in [5.74, 6) is 5.50. The predicted octanol–water partition coefficient (Wildman–Crippen LogP) is 14.8. The first-order valence-corrected chi connectivity index (χ1v) is 51.7. The van der Waals surface area contributed by atoms with Gasteiger partial charge in [-0.25, -0.2) is 33.9 Å². The Morgan fingerprint density at radius 2 is 0.836 bits per heavy atom. The maximum absolute atomic E-state index is 13.2. The summed E-state index contributed by atoms with van der Waals surface area (Å²) < 4.78 is 101. The molecule has 5 N–H and O–H groups in total. The number of halogens is 5. The molecule has 15 rings (SSSR count). The van der Waals surface area contributed by atoms with Crippen LogP contribution in [0.2, 0.25) is 0 Å². The van der Waals surface area contributed by atoms with Crippen molar-refractivity contribution in [2.24, 2.45) is 32.7 Å². The number of piperidine rings is 3. The summed E-state index contributed by atoms with van der Waals surface area (Å²) in [5, 5.41) is 27.6. The SMILES string of the molecule is CCN(CC)CC.CO.Cc1noc(C)c1-c1ccccc1CCS(=O)(=O)N1CCC2(CC1)N=C(C1CCCCC1)NC2=O.Cc1noc(C)c1B1OC(C)(C)C(C)(C)O1.ClCCl.O=C1NC(C2CCCCC2)=NC12CCN(S(=O)(=O)CCc1ccccc1Br)CC2.O=C1NC(C2CCCCC2)=NC12CCNCC2.O=S(=O)(Cl)CCc1ccccc1Br. The summed E-state index contributed by atoms with van der Waals surface area (Å²) in [6.07, 6.45) is 22.7. The number of nitrogens with one attached hydrogen (secondary N) is 4. The molecule has 35 heteroatoms. The fraction of sp³-hybridized carbons (Fsp3) is 0.655. The molecule has 0 atom stereocenters. The zero-order chi connectivity index (χ0) is 89.3. The lowest BCUT2D eigenvalue weighted by Crippen LogP contribution is -2.51. The highest BCUT2D eigenvalue weighted by molar-refractivity contribution is 9.10. The van der Waals surface area contributed by atoms with Gasteiger partial charge in [0.25, 0.3) is 17.7 Å². The second-order valence-corrected chi connectivity index (χ2v) is 43.3. The average molecular weight is 1940 g/mol. The molecular formula is C87H130BBr2Cl3N12O14S3. The second kappa shape index (κ2) is 47.3. The number of amides is 3. The minimum absolute atomic E-state index is 0.0170. The first kappa shape index (κ1) is 102. The predicted molar refractivity (Wildman–Crippen MR) is 496 cm³/mol. The number of aliphatic hydroxyl groups is 1. The van der Waals surface area contributed by atoms with Crippen LogP contribution in [0.5, 0.6) is 0 Å². The monoisotopic (exact) mass is 1940 g/mol. The van der Waals surface area contributed by atoms with Gasteiger partial charge in [-0.05, 0) is 219 Å². The number of nitrogens with zero attached hydrogens (tertiary/aromatic N) is 8. The Kier molecular flexibility index (Phi) is 39.7. The van der Waals surface area contributed by atoms with Crippen molar-refractivity contribution in [3.63, 3.8) is 0 Å². The molecule has 2 aromatic heterocycles. The molecule has 7 fully saturated rings. The van der Waals surface area contributed by atoms with Gasteiger partial charge in [0.1, 0.15) is 45.6 Å². The van der Waals surface area contributed by atoms with E-state index in [0.29, 0.717) is 88.9 Å². The van der Waals surface area contributed by atoms with E-state index >= 15 is 0 Å². The van der Waals surface area contributed by atoms with Gasteiger partial charge in [0.05, 0.1) is 45.2 Å². The number of benzene rings is 3. The Balaban J connectivity index is 0.000000191. The van der Waals surface area contributed by atoms with Gasteiger partial charge in [0.15, 0.2) is 0 Å². The highest BCUT2D eigenvalue weighted by atomic mass is 79.9. The minimum Gasteiger partial charge on any atom is -0.400 e. The third-order valence-corrected chi connectivity index (χ3v) is 31.8. The standard InChI is InChI=1S/C26H34N4O4S.C21H28BrN3O3S.C13H21N3O.C11H18BNO3.C8H8BrClO2S.C6H15N.CH2Cl2.CH4O/c1-18-23(19(2)34-29-18)22-11-7-6-8-20(22)12-17-35(32,33)30-15-13-26(14-16-30)25(31)27-24(28-26)21-9-4-3-5-10-21;22-18-9-5-4-6-16(18)10-15-29(27,28)25-13-11-21(12-14-25)20(26)23-19(24-21)17-7-2-1-3-8-17;17-12-13(6-8-14-9-7-13)16-11(15-12)10-4-2-1-3-5-10;1-7-9(8(2)14-13-7)12-15-10(3,4)11(5,6)16-12;9-8-4-2-1-3-7(8)5-6-13(10,11)12;1-4-7(5-2)6-3;2-1-3;1-2/h6-8,11,21H,3-5,9-10,12-17H2,1-2H3,(H,27,28,31);4-6,9,17H,1-3,7-8,10-15H2,(H,23,24,26);10,14H,1-9H2,(H,15,16,17);1-6H3;1-4H,5-6H2;4-6H2,1-3H3;1H2;2H,1H3. The molecule has 3 aromatic carbocycles. The number of alkyl halides is 2. The van der Waals surface area contributed by atoms with Crippen molar-refractivity contribution in [2.75, 3.05) is 88.6 Å². The van der Waals surface area contributed by atoms with E-state index in [4.69, 9.17) is 72.3 Å². The summed E-state index contributed by atoms with van der Waals surface area (Å²) in [6, 6.07) is 23.0. The van der Waals surface area contributed by atoms with Gasteiger partial charge in [0.2, 0.25) is 29.1 Å². The summed E-state index contributed by atoms with van der Waals surface area (Å²) in [7, 11) is -4.51. The molecule has 678 valence electrons. The molecule has 3 spiro atoms. The van der Waals surface area contributed by atoms with Crippen molar-refractivity contribution < 1.29 is 63.1 Å². The van der Waals surface area contributed by atoms with Crippen molar-refractivity contribution >= 4 is 143 Å². The van der Waals surface area contributed by atoms with E-state index < -0.39 is 45.7 Å².